The van der Waals surface area contributed by atoms with Gasteiger partial charge in [0.05, 0.1) is 25.4 Å². The second-order valence-electron chi connectivity index (χ2n) is 9.40. The van der Waals surface area contributed by atoms with E-state index in [0.29, 0.717) is 31.7 Å². The van der Waals surface area contributed by atoms with E-state index in [1.165, 1.54) is 11.1 Å². The number of rotatable bonds is 14. The van der Waals surface area contributed by atoms with Crippen LogP contribution in [0.4, 0.5) is 0 Å². The van der Waals surface area contributed by atoms with Crippen LogP contribution < -0.4 is 0 Å². The van der Waals surface area contributed by atoms with E-state index in [2.05, 4.69) is 71.0 Å². The molecule has 0 unspecified atom stereocenters. The summed E-state index contributed by atoms with van der Waals surface area (Å²) in [6, 6.07) is 20.6. The molecule has 176 valence electrons. The number of benzene rings is 2. The Balaban J connectivity index is 1.80. The standard InChI is InChI=1S/C28H41NO3/c1-21(2)27(30-19-25-13-9-7-10-14-25)23(5)17-29-32-18-24(6)28(22(3)4)31-20-26-15-11-8-12-16-26/h7-17,21-24,27-28H,18-20H2,1-6H3/t23-,24-,27-,28-/m1/s1. The van der Waals surface area contributed by atoms with Gasteiger partial charge in [-0.3, -0.25) is 0 Å². The predicted octanol–water partition coefficient (Wildman–Crippen LogP) is 6.74. The third kappa shape index (κ3) is 9.13. The Labute approximate surface area is 195 Å². The highest BCUT2D eigenvalue weighted by Gasteiger charge is 2.23. The minimum Gasteiger partial charge on any atom is -0.396 e. The summed E-state index contributed by atoms with van der Waals surface area (Å²) in [4.78, 5) is 5.68. The van der Waals surface area contributed by atoms with Gasteiger partial charge in [-0.1, -0.05) is 107 Å². The molecule has 2 rings (SSSR count). The van der Waals surface area contributed by atoms with E-state index in [-0.39, 0.29) is 24.0 Å². The zero-order chi connectivity index (χ0) is 23.3. The first-order chi connectivity index (χ1) is 15.4. The summed E-state index contributed by atoms with van der Waals surface area (Å²) in [5, 5.41) is 4.27. The molecule has 0 radical (unpaired) electrons. The molecule has 4 atom stereocenters. The molecule has 0 N–H and O–H groups in total. The van der Waals surface area contributed by atoms with Crippen molar-refractivity contribution >= 4 is 6.21 Å². The summed E-state index contributed by atoms with van der Waals surface area (Å²) in [6.07, 6.45) is 2.07. The highest BCUT2D eigenvalue weighted by Crippen LogP contribution is 2.20. The van der Waals surface area contributed by atoms with Crippen molar-refractivity contribution in [2.24, 2.45) is 28.8 Å². The van der Waals surface area contributed by atoms with Gasteiger partial charge in [-0.25, -0.2) is 0 Å². The van der Waals surface area contributed by atoms with E-state index < -0.39 is 0 Å². The molecule has 4 nitrogen and oxygen atoms in total. The lowest BCUT2D eigenvalue weighted by Gasteiger charge is -2.27. The molecule has 2 aromatic rings. The van der Waals surface area contributed by atoms with Crippen LogP contribution in [0.5, 0.6) is 0 Å². The van der Waals surface area contributed by atoms with Crippen LogP contribution in [0.1, 0.15) is 52.7 Å². The second kappa shape index (κ2) is 14.1. The summed E-state index contributed by atoms with van der Waals surface area (Å²) in [7, 11) is 0. The number of ether oxygens (including phenoxy) is 2. The van der Waals surface area contributed by atoms with Crippen molar-refractivity contribution in [1.82, 2.24) is 0 Å². The van der Waals surface area contributed by atoms with Crippen molar-refractivity contribution in [3.63, 3.8) is 0 Å². The lowest BCUT2D eigenvalue weighted by atomic mass is 9.95. The molecular weight excluding hydrogens is 398 g/mol. The first kappa shape index (κ1) is 26.1. The van der Waals surface area contributed by atoms with Crippen LogP contribution in [-0.2, 0) is 27.5 Å². The quantitative estimate of drug-likeness (QED) is 0.242. The van der Waals surface area contributed by atoms with Crippen LogP contribution in [0.25, 0.3) is 0 Å². The smallest absolute Gasteiger partial charge is 0.122 e. The van der Waals surface area contributed by atoms with Gasteiger partial charge in [-0.05, 0) is 23.0 Å². The van der Waals surface area contributed by atoms with E-state index in [1.807, 2.05) is 42.6 Å². The van der Waals surface area contributed by atoms with Crippen molar-refractivity contribution in [1.29, 1.82) is 0 Å². The van der Waals surface area contributed by atoms with E-state index >= 15 is 0 Å². The molecule has 0 aromatic heterocycles. The highest BCUT2D eigenvalue weighted by atomic mass is 16.6. The zero-order valence-electron chi connectivity index (χ0n) is 20.6. The summed E-state index contributed by atoms with van der Waals surface area (Å²) in [5.41, 5.74) is 2.37. The van der Waals surface area contributed by atoms with Crippen molar-refractivity contribution < 1.29 is 14.3 Å². The molecule has 0 fully saturated rings. The normalized spacial score (nSPS) is 15.8. The van der Waals surface area contributed by atoms with Crippen molar-refractivity contribution in [2.45, 2.75) is 67.0 Å². The molecule has 0 aliphatic rings. The fraction of sp³-hybridized carbons (Fsp3) is 0.536. The molecule has 0 heterocycles. The Morgan fingerprint density at radius 1 is 0.688 bits per heavy atom. The van der Waals surface area contributed by atoms with Crippen LogP contribution in [0.2, 0.25) is 0 Å². The predicted molar refractivity (Wildman–Crippen MR) is 132 cm³/mol. The minimum absolute atomic E-state index is 0.0811. The van der Waals surface area contributed by atoms with E-state index in [4.69, 9.17) is 14.3 Å². The maximum absolute atomic E-state index is 6.22. The summed E-state index contributed by atoms with van der Waals surface area (Å²) < 4.78 is 12.4. The first-order valence-electron chi connectivity index (χ1n) is 11.8. The van der Waals surface area contributed by atoms with Gasteiger partial charge in [0.25, 0.3) is 0 Å². The average Bonchev–Trinajstić information content (AvgIpc) is 2.78. The fourth-order valence-corrected chi connectivity index (χ4v) is 3.98. The summed E-state index contributed by atoms with van der Waals surface area (Å²) in [6.45, 7) is 14.8. The van der Waals surface area contributed by atoms with Crippen molar-refractivity contribution in [2.75, 3.05) is 6.61 Å². The SMILES string of the molecule is CC(C)[C@@H](OCc1ccccc1)[C@H](C)C=NOC[C@@H](C)[C@H](OCc1ccccc1)C(C)C. The molecule has 0 bridgehead atoms. The van der Waals surface area contributed by atoms with Gasteiger partial charge in [0.15, 0.2) is 0 Å². The van der Waals surface area contributed by atoms with E-state index in [1.54, 1.807) is 0 Å². The molecular formula is C28H41NO3. The minimum atomic E-state index is 0.0811. The van der Waals surface area contributed by atoms with Crippen molar-refractivity contribution in [3.8, 4) is 0 Å². The van der Waals surface area contributed by atoms with Crippen molar-refractivity contribution in [3.05, 3.63) is 71.8 Å². The molecule has 0 amide bonds. The lowest BCUT2D eigenvalue weighted by Crippen LogP contribution is -2.30. The van der Waals surface area contributed by atoms with Gasteiger partial charge in [-0.2, -0.15) is 0 Å². The van der Waals surface area contributed by atoms with E-state index in [9.17, 15) is 0 Å². The number of hydrogen-bond acceptors (Lipinski definition) is 4. The maximum atomic E-state index is 6.22. The Kier molecular flexibility index (Phi) is 11.5. The van der Waals surface area contributed by atoms with E-state index in [0.717, 1.165) is 0 Å². The Morgan fingerprint density at radius 2 is 1.16 bits per heavy atom. The first-order valence-corrected chi connectivity index (χ1v) is 11.8. The van der Waals surface area contributed by atoms with Gasteiger partial charge in [0.2, 0.25) is 0 Å². The number of oxime groups is 1. The van der Waals surface area contributed by atoms with Gasteiger partial charge >= 0.3 is 0 Å². The molecule has 2 aromatic carbocycles. The molecule has 0 saturated carbocycles. The summed E-state index contributed by atoms with van der Waals surface area (Å²) in [5.74, 6) is 1.18. The van der Waals surface area contributed by atoms with Gasteiger partial charge in [0.1, 0.15) is 6.61 Å². The Hall–Kier alpha value is -2.17. The van der Waals surface area contributed by atoms with Crippen LogP contribution in [0.15, 0.2) is 65.8 Å². The Morgan fingerprint density at radius 3 is 1.62 bits per heavy atom. The number of hydrogen-bond donors (Lipinski definition) is 0. The molecule has 32 heavy (non-hydrogen) atoms. The third-order valence-electron chi connectivity index (χ3n) is 5.67. The third-order valence-corrected chi connectivity index (χ3v) is 5.67. The molecule has 0 aliphatic heterocycles. The monoisotopic (exact) mass is 439 g/mol. The average molecular weight is 440 g/mol. The molecule has 0 aliphatic carbocycles. The number of nitrogens with zero attached hydrogens (tertiary/aromatic N) is 1. The molecule has 4 heteroatoms. The van der Waals surface area contributed by atoms with Crippen LogP contribution in [0, 0.1) is 23.7 Å². The van der Waals surface area contributed by atoms with Gasteiger partial charge in [0, 0.05) is 18.1 Å². The Bertz CT molecular complexity index is 761. The lowest BCUT2D eigenvalue weighted by molar-refractivity contribution is -0.0485. The highest BCUT2D eigenvalue weighted by molar-refractivity contribution is 5.60. The second-order valence-corrected chi connectivity index (χ2v) is 9.40. The summed E-state index contributed by atoms with van der Waals surface area (Å²) >= 11 is 0. The van der Waals surface area contributed by atoms with Gasteiger partial charge < -0.3 is 14.3 Å². The van der Waals surface area contributed by atoms with Crippen LogP contribution in [-0.4, -0.2) is 25.0 Å². The van der Waals surface area contributed by atoms with Gasteiger partial charge in [-0.15, -0.1) is 0 Å². The largest absolute Gasteiger partial charge is 0.396 e. The zero-order valence-corrected chi connectivity index (χ0v) is 20.6. The fourth-order valence-electron chi connectivity index (χ4n) is 3.98. The molecule has 0 saturated heterocycles. The van der Waals surface area contributed by atoms with Crippen LogP contribution >= 0.6 is 0 Å². The molecule has 0 spiro atoms. The maximum Gasteiger partial charge on any atom is 0.122 e. The topological polar surface area (TPSA) is 40.0 Å². The van der Waals surface area contributed by atoms with Crippen LogP contribution in [0.3, 0.4) is 0 Å².